The van der Waals surface area contributed by atoms with Gasteiger partial charge >= 0.3 is 5.97 Å². The van der Waals surface area contributed by atoms with Gasteiger partial charge in [0, 0.05) is 23.8 Å². The topological polar surface area (TPSA) is 60.9 Å². The molecule has 5 nitrogen and oxygen atoms in total. The number of thiocarbonyl (C=S) groups is 1. The molecule has 2 aliphatic rings. The van der Waals surface area contributed by atoms with Crippen molar-refractivity contribution in [1.29, 1.82) is 0 Å². The van der Waals surface area contributed by atoms with Crippen molar-refractivity contribution in [2.24, 2.45) is 0 Å². The Morgan fingerprint density at radius 1 is 1.13 bits per heavy atom. The number of carboxylic acid groups (broad SMARTS) is 1. The fraction of sp³-hybridized carbons (Fsp3) is 0.174. The number of carbonyl (C=O) groups excluding carboxylic acids is 1. The number of allylic oxidation sites excluding steroid dienone is 3. The molecule has 0 bridgehead atoms. The lowest BCUT2D eigenvalue weighted by Crippen LogP contribution is -2.27. The molecule has 0 radical (unpaired) electrons. The van der Waals surface area contributed by atoms with Gasteiger partial charge in [0.15, 0.2) is 4.32 Å². The van der Waals surface area contributed by atoms with Crippen molar-refractivity contribution in [3.63, 3.8) is 0 Å². The van der Waals surface area contributed by atoms with Gasteiger partial charge in [0.1, 0.15) is 0 Å². The van der Waals surface area contributed by atoms with Crippen LogP contribution in [-0.4, -0.2) is 28.4 Å². The van der Waals surface area contributed by atoms with E-state index in [4.69, 9.17) is 12.2 Å². The minimum absolute atomic E-state index is 0.111. The van der Waals surface area contributed by atoms with Crippen LogP contribution in [0.5, 0.6) is 0 Å². The molecule has 0 aromatic heterocycles. The lowest BCUT2D eigenvalue weighted by molar-refractivity contribution is -0.113. The van der Waals surface area contributed by atoms with Gasteiger partial charge in [-0.05, 0) is 42.0 Å². The number of benzene rings is 2. The molecule has 0 atom stereocenters. The van der Waals surface area contributed by atoms with E-state index in [0.717, 1.165) is 11.4 Å². The quantitative estimate of drug-likeness (QED) is 0.543. The highest BCUT2D eigenvalue weighted by Gasteiger charge is 2.38. The fourth-order valence-corrected chi connectivity index (χ4v) is 5.18. The van der Waals surface area contributed by atoms with Gasteiger partial charge in [-0.3, -0.25) is 9.69 Å². The van der Waals surface area contributed by atoms with Gasteiger partial charge in [-0.25, -0.2) is 4.79 Å². The van der Waals surface area contributed by atoms with E-state index < -0.39 is 5.97 Å². The van der Waals surface area contributed by atoms with Gasteiger partial charge in [0.05, 0.1) is 16.2 Å². The largest absolute Gasteiger partial charge is 0.478 e. The van der Waals surface area contributed by atoms with Gasteiger partial charge in [-0.2, -0.15) is 0 Å². The van der Waals surface area contributed by atoms with E-state index in [-0.39, 0.29) is 16.9 Å². The highest BCUT2D eigenvalue weighted by atomic mass is 32.2. The Labute approximate surface area is 184 Å². The van der Waals surface area contributed by atoms with Crippen LogP contribution in [0.25, 0.3) is 0 Å². The van der Waals surface area contributed by atoms with Gasteiger partial charge in [0.2, 0.25) is 0 Å². The summed E-state index contributed by atoms with van der Waals surface area (Å²) in [7, 11) is 2.02. The first-order valence-electron chi connectivity index (χ1n) is 9.37. The molecular formula is C23H20N2O3S2. The number of thioether (sulfide) groups is 1. The second kappa shape index (κ2) is 7.41. The van der Waals surface area contributed by atoms with Crippen LogP contribution < -0.4 is 9.80 Å². The average molecular weight is 437 g/mol. The molecule has 2 aromatic rings. The molecule has 4 rings (SSSR count). The van der Waals surface area contributed by atoms with E-state index in [1.54, 1.807) is 18.2 Å². The molecule has 2 heterocycles. The van der Waals surface area contributed by atoms with Crippen LogP contribution in [0.3, 0.4) is 0 Å². The molecule has 7 heteroatoms. The minimum Gasteiger partial charge on any atom is -0.478 e. The monoisotopic (exact) mass is 436 g/mol. The number of aromatic carboxylic acids is 1. The predicted octanol–water partition coefficient (Wildman–Crippen LogP) is 4.94. The van der Waals surface area contributed by atoms with Crippen LogP contribution >= 0.6 is 24.0 Å². The molecule has 0 spiro atoms. The summed E-state index contributed by atoms with van der Waals surface area (Å²) in [6.45, 7) is 4.33. The lowest BCUT2D eigenvalue weighted by atomic mass is 9.84. The minimum atomic E-state index is -1.05. The van der Waals surface area contributed by atoms with Crippen LogP contribution in [0.1, 0.15) is 29.8 Å². The molecule has 0 aliphatic carbocycles. The third kappa shape index (κ3) is 3.24. The number of hydrogen-bond donors (Lipinski definition) is 1. The second-order valence-corrected chi connectivity index (χ2v) is 9.32. The maximum Gasteiger partial charge on any atom is 0.335 e. The maximum atomic E-state index is 13.0. The lowest BCUT2D eigenvalue weighted by Gasteiger charge is -2.23. The van der Waals surface area contributed by atoms with E-state index in [0.29, 0.717) is 14.9 Å². The summed E-state index contributed by atoms with van der Waals surface area (Å²) in [5.41, 5.74) is 3.86. The molecule has 30 heavy (non-hydrogen) atoms. The van der Waals surface area contributed by atoms with E-state index in [9.17, 15) is 14.7 Å². The fourth-order valence-electron chi connectivity index (χ4n) is 3.94. The van der Waals surface area contributed by atoms with Gasteiger partial charge in [-0.15, -0.1) is 0 Å². The summed E-state index contributed by atoms with van der Waals surface area (Å²) in [5.74, 6) is -1.30. The van der Waals surface area contributed by atoms with E-state index in [2.05, 4.69) is 30.9 Å². The number of rotatable bonds is 3. The van der Waals surface area contributed by atoms with Gasteiger partial charge in [0.25, 0.3) is 5.91 Å². The Morgan fingerprint density at radius 2 is 1.87 bits per heavy atom. The number of anilines is 2. The summed E-state index contributed by atoms with van der Waals surface area (Å²) in [6, 6.07) is 14.5. The van der Waals surface area contributed by atoms with E-state index in [1.807, 2.05) is 25.3 Å². The standard InChI is InChI=1S/C23H20N2O3S2/c1-23(2)16-9-4-5-10-17(16)24(3)19(23)12-11-18-20(26)25(22(29)30-18)15-8-6-7-14(13-15)21(27)28/h4-13H,1-3H3,(H,27,28)/b18-11+,19-12-. The number of amides is 1. The van der Waals surface area contributed by atoms with Gasteiger partial charge in [-0.1, -0.05) is 62.1 Å². The van der Waals surface area contributed by atoms with Crippen LogP contribution in [0.2, 0.25) is 0 Å². The molecule has 1 N–H and O–H groups in total. The summed E-state index contributed by atoms with van der Waals surface area (Å²) >= 11 is 6.63. The first kappa shape index (κ1) is 20.4. The van der Waals surface area contributed by atoms with Gasteiger partial charge < -0.3 is 10.0 Å². The number of carboxylic acids is 1. The van der Waals surface area contributed by atoms with Crippen LogP contribution in [0.4, 0.5) is 11.4 Å². The van der Waals surface area contributed by atoms with E-state index >= 15 is 0 Å². The van der Waals surface area contributed by atoms with Crippen LogP contribution in [0.15, 0.2) is 71.3 Å². The Morgan fingerprint density at radius 3 is 2.57 bits per heavy atom. The summed E-state index contributed by atoms with van der Waals surface area (Å²) in [4.78, 5) is 28.3. The molecule has 2 aromatic carbocycles. The normalized spacial score (nSPS) is 20.4. The molecule has 1 saturated heterocycles. The molecule has 1 fully saturated rings. The maximum absolute atomic E-state index is 13.0. The number of fused-ring (bicyclic) bond motifs is 1. The predicted molar refractivity (Wildman–Crippen MR) is 125 cm³/mol. The zero-order valence-corrected chi connectivity index (χ0v) is 18.4. The smallest absolute Gasteiger partial charge is 0.335 e. The number of carbonyl (C=O) groups is 2. The summed E-state index contributed by atoms with van der Waals surface area (Å²) in [5, 5.41) is 9.22. The Balaban J connectivity index is 1.67. The Hall–Kier alpha value is -2.90. The third-order valence-electron chi connectivity index (χ3n) is 5.48. The highest BCUT2D eigenvalue weighted by molar-refractivity contribution is 8.27. The van der Waals surface area contributed by atoms with Crippen LogP contribution in [0, 0.1) is 0 Å². The molecule has 1 amide bonds. The number of hydrogen-bond acceptors (Lipinski definition) is 5. The summed E-state index contributed by atoms with van der Waals surface area (Å²) in [6.07, 6.45) is 3.78. The van der Waals surface area contributed by atoms with Crippen molar-refractivity contribution >= 4 is 51.6 Å². The number of para-hydroxylation sites is 1. The summed E-state index contributed by atoms with van der Waals surface area (Å²) < 4.78 is 0.384. The Bertz CT molecular complexity index is 1150. The van der Waals surface area contributed by atoms with E-state index in [1.165, 1.54) is 34.4 Å². The first-order chi connectivity index (χ1) is 14.2. The van der Waals surface area contributed by atoms with Crippen molar-refractivity contribution in [1.82, 2.24) is 0 Å². The van der Waals surface area contributed by atoms with Crippen molar-refractivity contribution in [3.8, 4) is 0 Å². The highest BCUT2D eigenvalue weighted by Crippen LogP contribution is 2.47. The van der Waals surface area contributed by atoms with Crippen molar-refractivity contribution < 1.29 is 14.7 Å². The second-order valence-electron chi connectivity index (χ2n) is 7.65. The molecule has 0 saturated carbocycles. The molecular weight excluding hydrogens is 416 g/mol. The average Bonchev–Trinajstić information content (AvgIpc) is 3.10. The Kier molecular flexibility index (Phi) is 5.03. The first-order valence-corrected chi connectivity index (χ1v) is 10.6. The number of nitrogens with zero attached hydrogens (tertiary/aromatic N) is 2. The van der Waals surface area contributed by atoms with Crippen LogP contribution in [-0.2, 0) is 10.2 Å². The number of likely N-dealkylation sites (N-methyl/N-ethyl adjacent to an activating group) is 1. The molecule has 2 aliphatic heterocycles. The third-order valence-corrected chi connectivity index (χ3v) is 6.80. The van der Waals surface area contributed by atoms with Crippen molar-refractivity contribution in [2.45, 2.75) is 19.3 Å². The van der Waals surface area contributed by atoms with Crippen molar-refractivity contribution in [2.75, 3.05) is 16.8 Å². The zero-order valence-electron chi connectivity index (χ0n) is 16.7. The zero-order chi connectivity index (χ0) is 21.6. The molecule has 152 valence electrons. The SMILES string of the molecule is CN1/C(=C\C=C2\SC(=S)N(c3cccc(C(=O)O)c3)C2=O)C(C)(C)c2ccccc21. The molecule has 0 unspecified atom stereocenters. The van der Waals surface area contributed by atoms with Crippen molar-refractivity contribution in [3.05, 3.63) is 82.4 Å².